The molecule has 0 aliphatic rings. The molecule has 0 aromatic carbocycles. The van der Waals surface area contributed by atoms with E-state index in [9.17, 15) is 0 Å². The van der Waals surface area contributed by atoms with Gasteiger partial charge in [0.05, 0.1) is 12.8 Å². The lowest BCUT2D eigenvalue weighted by Crippen LogP contribution is -2.05. The fraction of sp³-hybridized carbons (Fsp3) is 0.188. The lowest BCUT2D eigenvalue weighted by Gasteiger charge is -2.09. The number of fused-ring (bicyclic) bond motifs is 1. The molecule has 9 nitrogen and oxygen atoms in total. The second-order valence-electron chi connectivity index (χ2n) is 5.24. The Morgan fingerprint density at radius 1 is 1.20 bits per heavy atom. The Labute approximate surface area is 142 Å². The van der Waals surface area contributed by atoms with Crippen molar-refractivity contribution in [2.45, 2.75) is 13.5 Å². The topological polar surface area (TPSA) is 100 Å². The molecule has 9 heteroatoms. The fourth-order valence-electron chi connectivity index (χ4n) is 2.30. The molecule has 0 saturated carbocycles. The zero-order chi connectivity index (χ0) is 17.2. The predicted molar refractivity (Wildman–Crippen MR) is 86.1 cm³/mol. The van der Waals surface area contributed by atoms with Crippen LogP contribution in [0.5, 0.6) is 11.6 Å². The van der Waals surface area contributed by atoms with E-state index in [1.54, 1.807) is 32.4 Å². The van der Waals surface area contributed by atoms with Gasteiger partial charge in [-0.3, -0.25) is 4.98 Å². The summed E-state index contributed by atoms with van der Waals surface area (Å²) in [4.78, 5) is 4.22. The highest BCUT2D eigenvalue weighted by molar-refractivity contribution is 5.56. The number of ether oxygens (including phenoxy) is 2. The van der Waals surface area contributed by atoms with Gasteiger partial charge in [-0.1, -0.05) is 11.2 Å². The van der Waals surface area contributed by atoms with Crippen LogP contribution in [-0.2, 0) is 6.61 Å². The summed E-state index contributed by atoms with van der Waals surface area (Å²) < 4.78 is 17.7. The number of hydrogen-bond acceptors (Lipinski definition) is 8. The highest BCUT2D eigenvalue weighted by Crippen LogP contribution is 2.27. The van der Waals surface area contributed by atoms with Gasteiger partial charge in [0.1, 0.15) is 12.4 Å². The number of aromatic nitrogens is 6. The van der Waals surface area contributed by atoms with Gasteiger partial charge in [0.15, 0.2) is 17.1 Å². The van der Waals surface area contributed by atoms with E-state index < -0.39 is 0 Å². The van der Waals surface area contributed by atoms with Gasteiger partial charge in [-0.15, -0.1) is 15.3 Å². The average Bonchev–Trinajstić information content (AvgIpc) is 3.25. The van der Waals surface area contributed by atoms with Crippen LogP contribution < -0.4 is 9.47 Å². The molecule has 0 aliphatic heterocycles. The van der Waals surface area contributed by atoms with E-state index in [0.29, 0.717) is 34.6 Å². The molecule has 0 spiro atoms. The summed E-state index contributed by atoms with van der Waals surface area (Å²) in [6.07, 6.45) is 1.71. The maximum absolute atomic E-state index is 5.77. The second-order valence-corrected chi connectivity index (χ2v) is 5.24. The highest BCUT2D eigenvalue weighted by atomic mass is 16.5. The Morgan fingerprint density at radius 3 is 2.84 bits per heavy atom. The quantitative estimate of drug-likeness (QED) is 0.545. The minimum atomic E-state index is 0.260. The molecule has 0 bridgehead atoms. The van der Waals surface area contributed by atoms with Crippen LogP contribution in [0.4, 0.5) is 0 Å². The van der Waals surface area contributed by atoms with Crippen molar-refractivity contribution in [3.63, 3.8) is 0 Å². The van der Waals surface area contributed by atoms with Crippen LogP contribution in [0.1, 0.15) is 11.5 Å². The molecule has 0 amide bonds. The SMILES string of the molecule is COc1cc2nnc(-c3cc(C)on3)n2nc1OCc1ccccn1. The summed E-state index contributed by atoms with van der Waals surface area (Å²) in [5, 5.41) is 16.6. The zero-order valence-corrected chi connectivity index (χ0v) is 13.6. The van der Waals surface area contributed by atoms with E-state index in [1.807, 2.05) is 18.2 Å². The van der Waals surface area contributed by atoms with Crippen molar-refractivity contribution in [3.05, 3.63) is 48.0 Å². The standard InChI is InChI=1S/C16H14N6O3/c1-10-7-12(21-25-10)15-19-18-14-8-13(23-2)16(20-22(14)15)24-9-11-5-3-4-6-17-11/h3-8H,9H2,1-2H3. The predicted octanol–water partition coefficient (Wildman–Crippen LogP) is 2.07. The van der Waals surface area contributed by atoms with Gasteiger partial charge in [-0.25, -0.2) is 0 Å². The van der Waals surface area contributed by atoms with E-state index in [4.69, 9.17) is 14.0 Å². The molecule has 4 heterocycles. The van der Waals surface area contributed by atoms with E-state index >= 15 is 0 Å². The van der Waals surface area contributed by atoms with Crippen LogP contribution >= 0.6 is 0 Å². The van der Waals surface area contributed by atoms with Gasteiger partial charge in [-0.05, 0) is 19.1 Å². The van der Waals surface area contributed by atoms with Gasteiger partial charge >= 0.3 is 0 Å². The number of aryl methyl sites for hydroxylation is 1. The molecule has 25 heavy (non-hydrogen) atoms. The van der Waals surface area contributed by atoms with Gasteiger partial charge in [0.2, 0.25) is 5.82 Å². The monoisotopic (exact) mass is 338 g/mol. The highest BCUT2D eigenvalue weighted by Gasteiger charge is 2.17. The third-order valence-electron chi connectivity index (χ3n) is 3.49. The van der Waals surface area contributed by atoms with Crippen LogP contribution in [0.25, 0.3) is 17.2 Å². The summed E-state index contributed by atoms with van der Waals surface area (Å²) >= 11 is 0. The Hall–Kier alpha value is -3.49. The van der Waals surface area contributed by atoms with E-state index in [0.717, 1.165) is 5.69 Å². The number of nitrogens with zero attached hydrogens (tertiary/aromatic N) is 6. The summed E-state index contributed by atoms with van der Waals surface area (Å²) in [5.74, 6) is 1.89. The maximum Gasteiger partial charge on any atom is 0.275 e. The van der Waals surface area contributed by atoms with Crippen LogP contribution in [-0.4, -0.2) is 37.1 Å². The van der Waals surface area contributed by atoms with Gasteiger partial charge in [0.25, 0.3) is 5.88 Å². The lowest BCUT2D eigenvalue weighted by atomic mass is 10.3. The van der Waals surface area contributed by atoms with Crippen molar-refractivity contribution in [1.29, 1.82) is 0 Å². The molecular formula is C16H14N6O3. The average molecular weight is 338 g/mol. The molecule has 4 rings (SSSR count). The lowest BCUT2D eigenvalue weighted by molar-refractivity contribution is 0.264. The van der Waals surface area contributed by atoms with Crippen LogP contribution in [0, 0.1) is 6.92 Å². The number of methoxy groups -OCH3 is 1. The normalized spacial score (nSPS) is 11.0. The van der Waals surface area contributed by atoms with E-state index in [1.165, 1.54) is 4.52 Å². The van der Waals surface area contributed by atoms with Crippen molar-refractivity contribution in [1.82, 2.24) is 30.0 Å². The Balaban J connectivity index is 1.72. The molecular weight excluding hydrogens is 324 g/mol. The number of pyridine rings is 1. The van der Waals surface area contributed by atoms with Gasteiger partial charge in [0, 0.05) is 18.3 Å². The third-order valence-corrected chi connectivity index (χ3v) is 3.49. The zero-order valence-electron chi connectivity index (χ0n) is 13.6. The van der Waals surface area contributed by atoms with Crippen LogP contribution in [0.15, 0.2) is 41.1 Å². The van der Waals surface area contributed by atoms with Crippen LogP contribution in [0.3, 0.4) is 0 Å². The first kappa shape index (κ1) is 15.1. The largest absolute Gasteiger partial charge is 0.491 e. The Morgan fingerprint density at radius 2 is 2.12 bits per heavy atom. The molecule has 4 aromatic rings. The first-order valence-electron chi connectivity index (χ1n) is 7.51. The second kappa shape index (κ2) is 6.19. The minimum absolute atomic E-state index is 0.260. The first-order chi connectivity index (χ1) is 12.2. The molecule has 0 saturated heterocycles. The molecule has 0 fully saturated rings. The van der Waals surface area contributed by atoms with Crippen molar-refractivity contribution in [2.75, 3.05) is 7.11 Å². The van der Waals surface area contributed by atoms with Gasteiger partial charge < -0.3 is 14.0 Å². The molecule has 0 atom stereocenters. The Bertz CT molecular complexity index is 1010. The van der Waals surface area contributed by atoms with Crippen molar-refractivity contribution >= 4 is 5.65 Å². The minimum Gasteiger partial charge on any atom is -0.491 e. The molecule has 126 valence electrons. The summed E-state index contributed by atoms with van der Waals surface area (Å²) in [7, 11) is 1.54. The molecule has 0 radical (unpaired) electrons. The third kappa shape index (κ3) is 2.87. The van der Waals surface area contributed by atoms with E-state index in [2.05, 4.69) is 25.4 Å². The number of hydrogen-bond donors (Lipinski definition) is 0. The summed E-state index contributed by atoms with van der Waals surface area (Å²) in [6, 6.07) is 9.07. The van der Waals surface area contributed by atoms with Crippen molar-refractivity contribution < 1.29 is 14.0 Å². The summed E-state index contributed by atoms with van der Waals surface area (Å²) in [6.45, 7) is 2.06. The molecule has 0 unspecified atom stereocenters. The smallest absolute Gasteiger partial charge is 0.275 e. The fourth-order valence-corrected chi connectivity index (χ4v) is 2.30. The number of rotatable bonds is 5. The molecule has 0 N–H and O–H groups in total. The van der Waals surface area contributed by atoms with Gasteiger partial charge in [-0.2, -0.15) is 4.52 Å². The molecule has 0 aliphatic carbocycles. The van der Waals surface area contributed by atoms with Crippen LogP contribution in [0.2, 0.25) is 0 Å². The van der Waals surface area contributed by atoms with Crippen molar-refractivity contribution in [3.8, 4) is 23.1 Å². The first-order valence-corrected chi connectivity index (χ1v) is 7.51. The summed E-state index contributed by atoms with van der Waals surface area (Å²) in [5.41, 5.74) is 1.83. The Kier molecular flexibility index (Phi) is 3.73. The van der Waals surface area contributed by atoms with E-state index in [-0.39, 0.29) is 6.61 Å². The molecule has 4 aromatic heterocycles. The van der Waals surface area contributed by atoms with Crippen molar-refractivity contribution in [2.24, 2.45) is 0 Å². The maximum atomic E-state index is 5.77.